The van der Waals surface area contributed by atoms with Gasteiger partial charge in [-0.15, -0.1) is 0 Å². The molecule has 0 aromatic rings. The third-order valence-corrected chi connectivity index (χ3v) is 0.167. The molecule has 0 aromatic heterocycles. The molecule has 0 amide bonds. The zero-order valence-electron chi connectivity index (χ0n) is 4.34. The van der Waals surface area contributed by atoms with Crippen molar-refractivity contribution in [1.29, 1.82) is 0 Å². The number of rotatable bonds is 0. The minimum atomic E-state index is -2.19. The number of carboxylic acids is 2. The summed E-state index contributed by atoms with van der Waals surface area (Å²) in [5.74, 6) is -4.37. The number of carboxylic acid groups (broad SMARTS) is 2. The Hall–Kier alpha value is 1.84. The quantitative estimate of drug-likeness (QED) is 0.265. The van der Waals surface area contributed by atoms with Crippen molar-refractivity contribution in [3.8, 4) is 0 Å². The van der Waals surface area contributed by atoms with Crippen LogP contribution >= 0.6 is 0 Å². The van der Waals surface area contributed by atoms with E-state index in [0.29, 0.717) is 0 Å². The molecule has 0 aromatic carbocycles. The second kappa shape index (κ2) is 8.84. The van der Waals surface area contributed by atoms with Crippen LogP contribution in [0.1, 0.15) is 0 Å². The molecule has 0 rings (SSSR count). The SMILES string of the molecule is O=C([O-])C(=O)[O-].[Ca+2].[K+]. The van der Waals surface area contributed by atoms with Gasteiger partial charge in [-0.1, -0.05) is 0 Å². The number of hydrogen-bond donors (Lipinski definition) is 0. The summed E-state index contributed by atoms with van der Waals surface area (Å²) in [5, 5.41) is 17.9. The first kappa shape index (κ1) is 16.4. The monoisotopic (exact) mass is 167 g/mol. The van der Waals surface area contributed by atoms with Gasteiger partial charge in [0.2, 0.25) is 0 Å². The summed E-state index contributed by atoms with van der Waals surface area (Å²) in [7, 11) is 0. The summed E-state index contributed by atoms with van der Waals surface area (Å²) in [6.45, 7) is 0. The molecule has 0 aliphatic rings. The maximum atomic E-state index is 8.93. The summed E-state index contributed by atoms with van der Waals surface area (Å²) in [4.78, 5) is 17.9. The van der Waals surface area contributed by atoms with Gasteiger partial charge < -0.3 is 19.8 Å². The van der Waals surface area contributed by atoms with Crippen molar-refractivity contribution in [1.82, 2.24) is 0 Å². The van der Waals surface area contributed by atoms with Gasteiger partial charge in [0.1, 0.15) is 0 Å². The average Bonchev–Trinajstić information content (AvgIpc) is 1.36. The van der Waals surface area contributed by atoms with Crippen LogP contribution in [0, 0.1) is 0 Å². The van der Waals surface area contributed by atoms with Crippen molar-refractivity contribution in [3.63, 3.8) is 0 Å². The molecule has 0 spiro atoms. The molecule has 0 aliphatic carbocycles. The zero-order chi connectivity index (χ0) is 5.15. The molecule has 0 aliphatic heterocycles. The summed E-state index contributed by atoms with van der Waals surface area (Å²) >= 11 is 0. The van der Waals surface area contributed by atoms with Crippen molar-refractivity contribution in [2.75, 3.05) is 0 Å². The van der Waals surface area contributed by atoms with Crippen molar-refractivity contribution < 1.29 is 71.2 Å². The molecular formula is C2CaKO4+. The minimum absolute atomic E-state index is 0. The van der Waals surface area contributed by atoms with Gasteiger partial charge in [0.05, 0.1) is 11.9 Å². The van der Waals surface area contributed by atoms with Crippen LogP contribution in [0.15, 0.2) is 0 Å². The van der Waals surface area contributed by atoms with Crippen LogP contribution < -0.4 is 61.6 Å². The van der Waals surface area contributed by atoms with Crippen molar-refractivity contribution in [2.24, 2.45) is 0 Å². The van der Waals surface area contributed by atoms with Gasteiger partial charge in [0.25, 0.3) is 0 Å². The van der Waals surface area contributed by atoms with Gasteiger partial charge in [0.15, 0.2) is 0 Å². The Morgan fingerprint density at radius 3 is 1.12 bits per heavy atom. The molecule has 0 saturated carbocycles. The summed E-state index contributed by atoms with van der Waals surface area (Å²) in [6.07, 6.45) is 0. The van der Waals surface area contributed by atoms with Gasteiger partial charge in [-0.3, -0.25) is 0 Å². The van der Waals surface area contributed by atoms with Crippen molar-refractivity contribution >= 4 is 49.7 Å². The van der Waals surface area contributed by atoms with Crippen molar-refractivity contribution in [2.45, 2.75) is 0 Å². The Kier molecular flexibility index (Phi) is 18.2. The Morgan fingerprint density at radius 2 is 1.12 bits per heavy atom. The molecule has 0 saturated heterocycles. The largest absolute Gasteiger partial charge is 2.00 e. The van der Waals surface area contributed by atoms with E-state index in [0.717, 1.165) is 0 Å². The van der Waals surface area contributed by atoms with Crippen LogP contribution in [0.5, 0.6) is 0 Å². The first-order chi connectivity index (χ1) is 2.64. The Morgan fingerprint density at radius 1 is 1.00 bits per heavy atom. The van der Waals surface area contributed by atoms with E-state index >= 15 is 0 Å². The van der Waals surface area contributed by atoms with E-state index in [9.17, 15) is 0 Å². The van der Waals surface area contributed by atoms with E-state index in [1.165, 1.54) is 0 Å². The maximum Gasteiger partial charge on any atom is 2.00 e. The Balaban J connectivity index is -0.000000125. The van der Waals surface area contributed by atoms with Crippen LogP contribution in [-0.4, -0.2) is 49.7 Å². The standard InChI is InChI=1S/C2H2O4.Ca.K/c3-1(4)2(5)6;;/h(H,3,4)(H,5,6);;/q;+2;+1/p-2. The minimum Gasteiger partial charge on any atom is -0.543 e. The average molecular weight is 167 g/mol. The van der Waals surface area contributed by atoms with Crippen LogP contribution in [0.4, 0.5) is 0 Å². The number of carbonyl (C=O) groups is 2. The first-order valence-electron chi connectivity index (χ1n) is 1.07. The van der Waals surface area contributed by atoms with E-state index in [4.69, 9.17) is 19.8 Å². The molecule has 0 unspecified atom stereocenters. The predicted octanol–water partition coefficient (Wildman–Crippen LogP) is -6.89. The van der Waals surface area contributed by atoms with Crippen LogP contribution in [0.3, 0.4) is 0 Å². The van der Waals surface area contributed by atoms with Crippen LogP contribution in [0.25, 0.3) is 0 Å². The zero-order valence-corrected chi connectivity index (χ0v) is 9.67. The molecule has 34 valence electrons. The Bertz CT molecular complexity index is 80.0. The van der Waals surface area contributed by atoms with E-state index in [2.05, 4.69) is 0 Å². The third kappa shape index (κ3) is 10.8. The maximum absolute atomic E-state index is 8.93. The third-order valence-electron chi connectivity index (χ3n) is 0.167. The van der Waals surface area contributed by atoms with Gasteiger partial charge in [0, 0.05) is 0 Å². The second-order valence-corrected chi connectivity index (χ2v) is 0.575. The molecule has 6 heteroatoms. The van der Waals surface area contributed by atoms with E-state index in [1.807, 2.05) is 0 Å². The Labute approximate surface area is 118 Å². The fraction of sp³-hybridized carbons (Fsp3) is 0. The molecule has 0 N–H and O–H groups in total. The topological polar surface area (TPSA) is 80.3 Å². The van der Waals surface area contributed by atoms with Crippen LogP contribution in [-0.2, 0) is 9.59 Å². The van der Waals surface area contributed by atoms with Gasteiger partial charge in [-0.05, 0) is 0 Å². The first-order valence-corrected chi connectivity index (χ1v) is 1.07. The van der Waals surface area contributed by atoms with E-state index in [-0.39, 0.29) is 89.1 Å². The predicted molar refractivity (Wildman–Crippen MR) is 15.8 cm³/mol. The normalized spacial score (nSPS) is 5.50. The fourth-order valence-electron chi connectivity index (χ4n) is 0. The fourth-order valence-corrected chi connectivity index (χ4v) is 0. The van der Waals surface area contributed by atoms with E-state index < -0.39 is 11.9 Å². The molecule has 0 heterocycles. The summed E-state index contributed by atoms with van der Waals surface area (Å²) < 4.78 is 0. The number of carbonyl (C=O) groups excluding carboxylic acids is 2. The molecule has 4 nitrogen and oxygen atoms in total. The van der Waals surface area contributed by atoms with Crippen LogP contribution in [0.2, 0.25) is 0 Å². The molecular weight excluding hydrogens is 167 g/mol. The van der Waals surface area contributed by atoms with Gasteiger partial charge in [-0.2, -0.15) is 0 Å². The summed E-state index contributed by atoms with van der Waals surface area (Å²) in [5.41, 5.74) is 0. The van der Waals surface area contributed by atoms with Gasteiger partial charge in [-0.25, -0.2) is 0 Å². The molecule has 0 atom stereocenters. The molecule has 8 heavy (non-hydrogen) atoms. The number of hydrogen-bond acceptors (Lipinski definition) is 4. The summed E-state index contributed by atoms with van der Waals surface area (Å²) in [6, 6.07) is 0. The molecule has 0 radical (unpaired) electrons. The molecule has 0 fully saturated rings. The second-order valence-electron chi connectivity index (χ2n) is 0.575. The van der Waals surface area contributed by atoms with Gasteiger partial charge >= 0.3 is 89.1 Å². The van der Waals surface area contributed by atoms with E-state index in [1.54, 1.807) is 0 Å². The smallest absolute Gasteiger partial charge is 0.543 e. The number of aliphatic carboxylic acids is 2. The van der Waals surface area contributed by atoms with Crippen molar-refractivity contribution in [3.05, 3.63) is 0 Å². The molecule has 0 bridgehead atoms.